The molecule has 1 saturated carbocycles. The van der Waals surface area contributed by atoms with Crippen molar-refractivity contribution in [3.63, 3.8) is 0 Å². The highest BCUT2D eigenvalue weighted by Crippen LogP contribution is 2.28. The molecule has 0 aromatic carbocycles. The number of rotatable bonds is 2. The van der Waals surface area contributed by atoms with E-state index in [4.69, 9.17) is 4.55 Å². The molecule has 2 N–H and O–H groups in total. The Labute approximate surface area is 72.3 Å². The van der Waals surface area contributed by atoms with Gasteiger partial charge in [-0.3, -0.25) is 4.55 Å². The highest BCUT2D eigenvalue weighted by molar-refractivity contribution is 7.86. The Morgan fingerprint density at radius 2 is 1.67 bits per heavy atom. The molecule has 1 aliphatic carbocycles. The first kappa shape index (κ1) is 9.95. The van der Waals surface area contributed by atoms with Gasteiger partial charge in [0.15, 0.2) is 5.44 Å². The first-order valence-corrected chi connectivity index (χ1v) is 5.66. The van der Waals surface area contributed by atoms with Gasteiger partial charge in [-0.25, -0.2) is 0 Å². The molecule has 0 radical (unpaired) electrons. The van der Waals surface area contributed by atoms with E-state index < -0.39 is 15.6 Å². The molecule has 0 spiro atoms. The van der Waals surface area contributed by atoms with Crippen LogP contribution in [0.3, 0.4) is 0 Å². The summed E-state index contributed by atoms with van der Waals surface area (Å²) in [6, 6.07) is 0. The van der Waals surface area contributed by atoms with Gasteiger partial charge in [-0.05, 0) is 12.8 Å². The second-order valence-corrected chi connectivity index (χ2v) is 4.82. The van der Waals surface area contributed by atoms with Gasteiger partial charge in [0.25, 0.3) is 10.1 Å². The van der Waals surface area contributed by atoms with Crippen molar-refractivity contribution in [3.05, 3.63) is 0 Å². The van der Waals surface area contributed by atoms with Crippen LogP contribution in [0.2, 0.25) is 0 Å². The lowest BCUT2D eigenvalue weighted by Crippen LogP contribution is -2.30. The Morgan fingerprint density at radius 1 is 1.17 bits per heavy atom. The molecule has 72 valence electrons. The molecule has 0 aromatic heterocycles. The lowest BCUT2D eigenvalue weighted by molar-refractivity contribution is 0.140. The minimum absolute atomic E-state index is 0.270. The summed E-state index contributed by atoms with van der Waals surface area (Å²) < 4.78 is 29.6. The monoisotopic (exact) mass is 194 g/mol. The third-order valence-corrected chi connectivity index (χ3v) is 3.35. The van der Waals surface area contributed by atoms with Crippen LogP contribution in [-0.4, -0.2) is 23.5 Å². The molecule has 1 rings (SSSR count). The topological polar surface area (TPSA) is 74.6 Å². The lowest BCUT2D eigenvalue weighted by Gasteiger charge is -2.24. The molecule has 0 amide bonds. The molecular weight excluding hydrogens is 180 g/mol. The van der Waals surface area contributed by atoms with Gasteiger partial charge in [-0.2, -0.15) is 8.42 Å². The number of hydrogen-bond donors (Lipinski definition) is 2. The third-order valence-electron chi connectivity index (χ3n) is 2.36. The second-order valence-electron chi connectivity index (χ2n) is 3.30. The van der Waals surface area contributed by atoms with Crippen LogP contribution >= 0.6 is 0 Å². The zero-order valence-electron chi connectivity index (χ0n) is 6.81. The summed E-state index contributed by atoms with van der Waals surface area (Å²) in [7, 11) is -4.25. The van der Waals surface area contributed by atoms with Crippen molar-refractivity contribution in [2.45, 2.75) is 37.5 Å². The van der Waals surface area contributed by atoms with Crippen LogP contribution in [0.15, 0.2) is 0 Å². The quantitative estimate of drug-likeness (QED) is 0.637. The normalized spacial score (nSPS) is 23.8. The Bertz CT molecular complexity index is 228. The van der Waals surface area contributed by atoms with Gasteiger partial charge >= 0.3 is 0 Å². The van der Waals surface area contributed by atoms with E-state index in [9.17, 15) is 13.5 Å². The molecule has 0 saturated heterocycles. The van der Waals surface area contributed by atoms with Crippen molar-refractivity contribution in [1.82, 2.24) is 0 Å². The average molecular weight is 194 g/mol. The molecule has 1 aliphatic rings. The molecule has 12 heavy (non-hydrogen) atoms. The van der Waals surface area contributed by atoms with Crippen LogP contribution in [0, 0.1) is 5.92 Å². The molecule has 5 heteroatoms. The Morgan fingerprint density at radius 3 is 2.08 bits per heavy atom. The molecule has 1 fully saturated rings. The first-order valence-electron chi connectivity index (χ1n) is 4.16. The van der Waals surface area contributed by atoms with Crippen LogP contribution in [0.25, 0.3) is 0 Å². The summed E-state index contributed by atoms with van der Waals surface area (Å²) in [6.45, 7) is 0. The van der Waals surface area contributed by atoms with Crippen LogP contribution < -0.4 is 0 Å². The van der Waals surface area contributed by atoms with Crippen LogP contribution in [0.1, 0.15) is 32.1 Å². The number of hydrogen-bond acceptors (Lipinski definition) is 3. The van der Waals surface area contributed by atoms with Crippen molar-refractivity contribution < 1.29 is 18.1 Å². The second kappa shape index (κ2) is 3.72. The van der Waals surface area contributed by atoms with Crippen molar-refractivity contribution in [2.75, 3.05) is 0 Å². The van der Waals surface area contributed by atoms with Crippen LogP contribution in [-0.2, 0) is 10.1 Å². The fourth-order valence-electron chi connectivity index (χ4n) is 1.66. The predicted octanol–water partition coefficient (Wildman–Crippen LogP) is 0.773. The van der Waals surface area contributed by atoms with Crippen LogP contribution in [0.4, 0.5) is 0 Å². The summed E-state index contributed by atoms with van der Waals surface area (Å²) >= 11 is 0. The van der Waals surface area contributed by atoms with Gasteiger partial charge in [-0.1, -0.05) is 19.3 Å². The summed E-state index contributed by atoms with van der Waals surface area (Å²) in [5.74, 6) is -0.270. The van der Waals surface area contributed by atoms with E-state index in [1.165, 1.54) is 0 Å². The molecule has 4 nitrogen and oxygen atoms in total. The summed E-state index contributed by atoms with van der Waals surface area (Å²) in [5.41, 5.74) is -1.57. The van der Waals surface area contributed by atoms with Crippen molar-refractivity contribution in [2.24, 2.45) is 5.92 Å². The maximum absolute atomic E-state index is 10.5. The van der Waals surface area contributed by atoms with Gasteiger partial charge in [0.1, 0.15) is 0 Å². The van der Waals surface area contributed by atoms with E-state index in [-0.39, 0.29) is 5.92 Å². The molecular formula is C7H14O4S. The zero-order valence-corrected chi connectivity index (χ0v) is 7.63. The summed E-state index contributed by atoms with van der Waals surface area (Å²) in [6.07, 6.45) is 4.37. The first-order chi connectivity index (χ1) is 5.52. The fraction of sp³-hybridized carbons (Fsp3) is 1.00. The molecule has 0 aliphatic heterocycles. The summed E-state index contributed by atoms with van der Waals surface area (Å²) in [5, 5.41) is 9.17. The molecule has 0 heterocycles. The zero-order chi connectivity index (χ0) is 9.19. The summed E-state index contributed by atoms with van der Waals surface area (Å²) in [4.78, 5) is 0. The Balaban J connectivity index is 2.57. The third kappa shape index (κ3) is 2.43. The Kier molecular flexibility index (Phi) is 3.09. The highest BCUT2D eigenvalue weighted by atomic mass is 32.2. The molecule has 0 aromatic rings. The maximum Gasteiger partial charge on any atom is 0.292 e. The Hall–Kier alpha value is -0.130. The van der Waals surface area contributed by atoms with Crippen LogP contribution in [0.5, 0.6) is 0 Å². The minimum Gasteiger partial charge on any atom is -0.375 e. The van der Waals surface area contributed by atoms with E-state index in [0.717, 1.165) is 19.3 Å². The number of aliphatic hydroxyl groups excluding tert-OH is 1. The lowest BCUT2D eigenvalue weighted by atomic mass is 9.90. The van der Waals surface area contributed by atoms with Gasteiger partial charge in [0, 0.05) is 5.92 Å². The minimum atomic E-state index is -4.25. The van der Waals surface area contributed by atoms with Crippen molar-refractivity contribution in [1.29, 1.82) is 0 Å². The molecule has 0 bridgehead atoms. The van der Waals surface area contributed by atoms with E-state index in [0.29, 0.717) is 12.8 Å². The largest absolute Gasteiger partial charge is 0.375 e. The SMILES string of the molecule is O=S(=O)(O)C(O)C1CCCCC1. The van der Waals surface area contributed by atoms with E-state index in [2.05, 4.69) is 0 Å². The molecule has 1 atom stereocenters. The van der Waals surface area contributed by atoms with Gasteiger partial charge in [0.2, 0.25) is 0 Å². The maximum atomic E-state index is 10.5. The van der Waals surface area contributed by atoms with Gasteiger partial charge < -0.3 is 5.11 Å². The van der Waals surface area contributed by atoms with E-state index in [1.807, 2.05) is 0 Å². The predicted molar refractivity (Wildman–Crippen MR) is 44.1 cm³/mol. The van der Waals surface area contributed by atoms with Gasteiger partial charge in [-0.15, -0.1) is 0 Å². The standard InChI is InChI=1S/C7H14O4S/c8-7(12(9,10)11)6-4-2-1-3-5-6/h6-8H,1-5H2,(H,9,10,11). The highest BCUT2D eigenvalue weighted by Gasteiger charge is 2.30. The number of aliphatic hydroxyl groups is 1. The smallest absolute Gasteiger partial charge is 0.292 e. The van der Waals surface area contributed by atoms with E-state index in [1.54, 1.807) is 0 Å². The van der Waals surface area contributed by atoms with Crippen molar-refractivity contribution >= 4 is 10.1 Å². The van der Waals surface area contributed by atoms with E-state index >= 15 is 0 Å². The molecule has 1 unspecified atom stereocenters. The average Bonchev–Trinajstić information content (AvgIpc) is 2.03. The van der Waals surface area contributed by atoms with Crippen molar-refractivity contribution in [3.8, 4) is 0 Å². The van der Waals surface area contributed by atoms with Gasteiger partial charge in [0.05, 0.1) is 0 Å². The fourth-order valence-corrected chi connectivity index (χ4v) is 2.42.